The maximum Gasteiger partial charge on any atom is 0.333 e. The Morgan fingerprint density at radius 2 is 0.587 bits per heavy atom. The van der Waals surface area contributed by atoms with Crippen LogP contribution in [0.2, 0.25) is 280 Å². The first-order valence-electron chi connectivity index (χ1n) is 40.0. The Kier molecular flexibility index (Phi) is 38.0. The molecule has 3 aliphatic heterocycles. The zero-order valence-corrected chi connectivity index (χ0v) is 92.7. The zero-order valence-electron chi connectivity index (χ0n) is 74.7. The van der Waals surface area contributed by atoms with Crippen molar-refractivity contribution in [3.8, 4) is 0 Å². The molecule has 0 aromatic heterocycles. The van der Waals surface area contributed by atoms with Crippen molar-refractivity contribution in [1.29, 1.82) is 0 Å². The molecule has 3 fully saturated rings. The molecule has 0 radical (unpaired) electrons. The Balaban J connectivity index is 1.98. The van der Waals surface area contributed by atoms with Gasteiger partial charge in [-0.05, 0) is 340 Å². The normalized spacial score (nSPS) is 28.0. The molecule has 3 aliphatic rings. The Bertz CT molecular complexity index is 3070. The van der Waals surface area contributed by atoms with Gasteiger partial charge in [0.2, 0.25) is 0 Å². The van der Waals surface area contributed by atoms with E-state index in [0.29, 0.717) is 90.5 Å². The molecule has 7 unspecified atom stereocenters. The van der Waals surface area contributed by atoms with Crippen LogP contribution in [0.4, 0.5) is 0 Å². The summed E-state index contributed by atoms with van der Waals surface area (Å²) in [7, 11) is -48.9. The van der Waals surface area contributed by atoms with Gasteiger partial charge in [0.1, 0.15) is 0 Å². The van der Waals surface area contributed by atoms with Crippen LogP contribution < -0.4 is 0 Å². The van der Waals surface area contributed by atoms with Gasteiger partial charge in [0.05, 0.1) is 25.9 Å². The second kappa shape index (κ2) is 40.0. The SMILES string of the molecule is C=C(C)C(=O)OCCC[Si](C)(C)O[Si](C)(C)CC[Si](C)(C)O[Si](C)(C)O[Si](C)(C)CC[Si]1(C)O[Si](C)(CCCOC(=O)C(=C)C)O[Si](C)(CC[Si](C)(C)O[Si](C)(C)O[Si](C)(C)CC[Si]2(C)O[Si](C)(CCC(C)OC(=O)C(=C)C)O[Si]3(C)CC[Si](C)(C)O[Si](C)(C)CC[Si](C)(O3)O2)O[Si](C)(CCCOC(=O)C(=C)C)O1. The number of esters is 4. The molecular formula is C69H154O22Si18. The van der Waals surface area contributed by atoms with E-state index in [1.54, 1.807) is 27.7 Å². The number of hydrogen-bond donors (Lipinski definition) is 0. The molecule has 0 aromatic carbocycles. The summed E-state index contributed by atoms with van der Waals surface area (Å²) in [6.07, 6.45) is 1.98. The third-order valence-corrected chi connectivity index (χ3v) is 97.2. The summed E-state index contributed by atoms with van der Waals surface area (Å²) in [6, 6.07) is 12.1. The summed E-state index contributed by atoms with van der Waals surface area (Å²) < 4.78 is 128. The first-order valence-corrected chi connectivity index (χ1v) is 90.8. The molecule has 22 nitrogen and oxygen atoms in total. The lowest BCUT2D eigenvalue weighted by Crippen LogP contribution is -2.68. The summed E-state index contributed by atoms with van der Waals surface area (Å²) in [5.41, 5.74) is 1.45. The predicted octanol–water partition coefficient (Wildman–Crippen LogP) is 20.3. The van der Waals surface area contributed by atoms with Crippen molar-refractivity contribution >= 4 is 176 Å². The van der Waals surface area contributed by atoms with Gasteiger partial charge in [-0.25, -0.2) is 19.2 Å². The fourth-order valence-corrected chi connectivity index (χ4v) is 123. The highest BCUT2D eigenvalue weighted by atomic mass is 28.5. The van der Waals surface area contributed by atoms with E-state index in [1.807, 2.05) is 6.92 Å². The molecule has 0 saturated carbocycles. The highest BCUT2D eigenvalue weighted by molar-refractivity contribution is 6.98. The molecule has 7 atom stereocenters. The maximum absolute atomic E-state index is 12.8. The minimum Gasteiger partial charge on any atom is -0.462 e. The summed E-state index contributed by atoms with van der Waals surface area (Å²) in [5, 5.41) is 0. The quantitative estimate of drug-likeness (QED) is 0.0182. The number of ether oxygens (including phenoxy) is 4. The van der Waals surface area contributed by atoms with Gasteiger partial charge < -0.3 is 76.6 Å². The van der Waals surface area contributed by atoms with E-state index in [1.165, 1.54) is 0 Å². The molecule has 3 heterocycles. The minimum atomic E-state index is -3.29. The fourth-order valence-electron chi connectivity index (χ4n) is 15.4. The molecule has 2 bridgehead atoms. The van der Waals surface area contributed by atoms with Gasteiger partial charge in [0, 0.05) is 22.3 Å². The number of hydrogen-bond acceptors (Lipinski definition) is 22. The van der Waals surface area contributed by atoms with Crippen LogP contribution in [-0.4, -0.2) is 202 Å². The molecule has 40 heteroatoms. The third kappa shape index (κ3) is 39.3. The van der Waals surface area contributed by atoms with E-state index in [-0.39, 0.29) is 25.3 Å². The van der Waals surface area contributed by atoms with Crippen LogP contribution in [-0.2, 0) is 95.7 Å². The van der Waals surface area contributed by atoms with Crippen molar-refractivity contribution in [2.24, 2.45) is 0 Å². The predicted molar refractivity (Wildman–Crippen MR) is 486 cm³/mol. The molecule has 0 amide bonds. The lowest BCUT2D eigenvalue weighted by molar-refractivity contribution is -0.143. The van der Waals surface area contributed by atoms with Crippen LogP contribution in [0.3, 0.4) is 0 Å². The average Bonchev–Trinajstić information content (AvgIpc) is 0.765. The Morgan fingerprint density at radius 1 is 0.321 bits per heavy atom. The molecule has 3 saturated heterocycles. The molecule has 0 aliphatic carbocycles. The smallest absolute Gasteiger partial charge is 0.333 e. The summed E-state index contributed by atoms with van der Waals surface area (Å²) in [4.78, 5) is 50.3. The molecular weight excluding hydrogens is 1690 g/mol. The van der Waals surface area contributed by atoms with Gasteiger partial charge in [-0.1, -0.05) is 26.3 Å². The van der Waals surface area contributed by atoms with Crippen molar-refractivity contribution < 1.29 is 95.7 Å². The molecule has 634 valence electrons. The number of rotatable bonds is 42. The van der Waals surface area contributed by atoms with Gasteiger partial charge >= 0.3 is 109 Å². The van der Waals surface area contributed by atoms with Gasteiger partial charge in [0.15, 0.2) is 66.5 Å². The van der Waals surface area contributed by atoms with E-state index in [2.05, 4.69) is 210 Å². The molecule has 0 N–H and O–H groups in total. The van der Waals surface area contributed by atoms with Gasteiger partial charge in [-0.15, -0.1) is 0 Å². The third-order valence-electron chi connectivity index (χ3n) is 19.8. The Morgan fingerprint density at radius 3 is 0.908 bits per heavy atom. The van der Waals surface area contributed by atoms with Crippen molar-refractivity contribution in [1.82, 2.24) is 0 Å². The highest BCUT2D eigenvalue weighted by Gasteiger charge is 2.61. The van der Waals surface area contributed by atoms with Gasteiger partial charge in [-0.2, -0.15) is 0 Å². The van der Waals surface area contributed by atoms with E-state index in [4.69, 9.17) is 76.6 Å². The average molecular weight is 1840 g/mol. The standard InChI is InChI=1S/C69H154O22Si18/c1-61(2)66(70)74-42-38-45-92(10,11)78-93(12,13)49-50-96(18,19)80-100(26,27)81-97(20,21)53-58-105(33)84-102(30,46-39-43-75-67(71)62(3)4)86-106(34,87-103(31,85-105)47-40-44-76-68(72)63(5)6)59-54-98(22,23)82-101(28,29)83-99(24,25)55-60-108(36)89-104(32,48-41-65(9)77-69(73)64(7)8)88-107(35)56-51-94(14,15)79-95(16,17)52-57-109(37,90-107)91-108/h65H,1,3,5,7,38-60H2,2,4,6,8-37H3. The first-order chi connectivity index (χ1) is 48.8. The topological polar surface area (TPSA) is 234 Å². The van der Waals surface area contributed by atoms with Crippen LogP contribution >= 0.6 is 0 Å². The maximum atomic E-state index is 12.8. The molecule has 3 rings (SSSR count). The van der Waals surface area contributed by atoms with Crippen LogP contribution in [0, 0.1) is 0 Å². The van der Waals surface area contributed by atoms with E-state index >= 15 is 0 Å². The highest BCUT2D eigenvalue weighted by Crippen LogP contribution is 2.46. The van der Waals surface area contributed by atoms with E-state index in [9.17, 15) is 19.2 Å². The second-order valence-corrected chi connectivity index (χ2v) is 110. The number of carbonyl (C=O) groups excluding carboxylic acids is 4. The van der Waals surface area contributed by atoms with Crippen LogP contribution in [0.5, 0.6) is 0 Å². The summed E-state index contributed by atoms with van der Waals surface area (Å²) >= 11 is 0. The van der Waals surface area contributed by atoms with Crippen molar-refractivity contribution in [3.05, 3.63) is 48.6 Å². The second-order valence-electron chi connectivity index (χ2n) is 39.0. The van der Waals surface area contributed by atoms with Crippen molar-refractivity contribution in [2.45, 2.75) is 346 Å². The minimum absolute atomic E-state index is 0.177. The Hall–Kier alpha value is 0.184. The van der Waals surface area contributed by atoms with Crippen molar-refractivity contribution in [2.75, 3.05) is 19.8 Å². The largest absolute Gasteiger partial charge is 0.462 e. The van der Waals surface area contributed by atoms with E-state index in [0.717, 1.165) is 60.8 Å². The van der Waals surface area contributed by atoms with Crippen molar-refractivity contribution in [3.63, 3.8) is 0 Å². The van der Waals surface area contributed by atoms with Crippen LogP contribution in [0.25, 0.3) is 0 Å². The van der Waals surface area contributed by atoms with E-state index < -0.39 is 170 Å². The monoisotopic (exact) mass is 1840 g/mol. The molecule has 0 aromatic rings. The Labute approximate surface area is 681 Å². The van der Waals surface area contributed by atoms with Crippen LogP contribution in [0.1, 0.15) is 60.3 Å². The lowest BCUT2D eigenvalue weighted by atomic mass is 10.3. The first kappa shape index (κ1) is 103. The fraction of sp³-hybridized carbons (Fsp3) is 0.826. The molecule has 109 heavy (non-hydrogen) atoms. The van der Waals surface area contributed by atoms with Crippen LogP contribution in [0.15, 0.2) is 48.6 Å². The van der Waals surface area contributed by atoms with Gasteiger partial charge in [0.25, 0.3) is 0 Å². The number of carbonyl (C=O) groups is 4. The molecule has 0 spiro atoms. The summed E-state index contributed by atoms with van der Waals surface area (Å²) in [6.45, 7) is 87.5. The number of fused-ring (bicyclic) bond motifs is 2. The summed E-state index contributed by atoms with van der Waals surface area (Å²) in [5.74, 6) is -1.63. The zero-order chi connectivity index (χ0) is 84.2. The lowest BCUT2D eigenvalue weighted by Gasteiger charge is -2.52. The van der Waals surface area contributed by atoms with Gasteiger partial charge in [-0.3, -0.25) is 0 Å².